The summed E-state index contributed by atoms with van der Waals surface area (Å²) in [5.74, 6) is -0.472. The van der Waals surface area contributed by atoms with Crippen molar-refractivity contribution in [2.45, 2.75) is 6.54 Å². The van der Waals surface area contributed by atoms with Crippen LogP contribution < -0.4 is 4.74 Å². The maximum absolute atomic E-state index is 12.8. The van der Waals surface area contributed by atoms with E-state index >= 15 is 0 Å². The fourth-order valence-corrected chi connectivity index (χ4v) is 4.34. The average Bonchev–Trinajstić information content (AvgIpc) is 3.04. The largest absolute Gasteiger partial charge is 0.423 e. The van der Waals surface area contributed by atoms with Crippen LogP contribution in [0.25, 0.3) is 6.08 Å². The van der Waals surface area contributed by atoms with E-state index in [0.29, 0.717) is 26.8 Å². The fourth-order valence-electron chi connectivity index (χ4n) is 2.97. The second kappa shape index (κ2) is 9.73. The first kappa shape index (κ1) is 22.3. The molecule has 1 aliphatic rings. The number of imide groups is 1. The number of carbonyl (C=O) groups excluding carboxylic acids is 3. The van der Waals surface area contributed by atoms with Gasteiger partial charge in [-0.15, -0.1) is 0 Å². The van der Waals surface area contributed by atoms with Crippen molar-refractivity contribution in [3.63, 3.8) is 0 Å². The van der Waals surface area contributed by atoms with E-state index in [0.717, 1.165) is 21.8 Å². The Hall–Kier alpha value is -2.87. The number of hydrogen-bond donors (Lipinski definition) is 0. The minimum Gasteiger partial charge on any atom is -0.423 e. The molecule has 4 rings (SSSR count). The van der Waals surface area contributed by atoms with E-state index in [1.54, 1.807) is 54.6 Å². The molecule has 0 unspecified atom stereocenters. The van der Waals surface area contributed by atoms with E-state index in [1.165, 1.54) is 4.90 Å². The second-order valence-corrected chi connectivity index (χ2v) is 9.11. The summed E-state index contributed by atoms with van der Waals surface area (Å²) in [5, 5.41) is 0.220. The zero-order valence-corrected chi connectivity index (χ0v) is 19.6. The van der Waals surface area contributed by atoms with Crippen LogP contribution in [0.2, 0.25) is 5.02 Å². The Bertz CT molecular complexity index is 1230. The summed E-state index contributed by atoms with van der Waals surface area (Å²) in [6, 6.07) is 20.6. The van der Waals surface area contributed by atoms with E-state index in [4.69, 9.17) is 16.3 Å². The maximum Gasteiger partial charge on any atom is 0.343 e. The SMILES string of the molecule is O=C(Oc1ccc(/C=C2\SC(=O)N(Cc3ccccc3Br)C2=O)cc1)c1ccc(Cl)cc1. The van der Waals surface area contributed by atoms with Gasteiger partial charge in [0, 0.05) is 9.50 Å². The van der Waals surface area contributed by atoms with Crippen molar-refractivity contribution in [2.24, 2.45) is 0 Å². The lowest BCUT2D eigenvalue weighted by Gasteiger charge is -2.13. The lowest BCUT2D eigenvalue weighted by molar-refractivity contribution is -0.123. The predicted octanol–water partition coefficient (Wildman–Crippen LogP) is 6.56. The Balaban J connectivity index is 1.44. The highest BCUT2D eigenvalue weighted by atomic mass is 79.9. The molecule has 0 atom stereocenters. The number of nitrogens with zero attached hydrogens (tertiary/aromatic N) is 1. The number of benzene rings is 3. The summed E-state index contributed by atoms with van der Waals surface area (Å²) >= 11 is 10.2. The number of rotatable bonds is 5. The van der Waals surface area contributed by atoms with E-state index in [9.17, 15) is 14.4 Å². The minimum absolute atomic E-state index is 0.197. The molecule has 0 N–H and O–H groups in total. The molecule has 32 heavy (non-hydrogen) atoms. The van der Waals surface area contributed by atoms with Crippen molar-refractivity contribution >= 4 is 62.5 Å². The van der Waals surface area contributed by atoms with Crippen molar-refractivity contribution in [2.75, 3.05) is 0 Å². The zero-order valence-electron chi connectivity index (χ0n) is 16.5. The van der Waals surface area contributed by atoms with Gasteiger partial charge in [-0.3, -0.25) is 14.5 Å². The minimum atomic E-state index is -0.498. The van der Waals surface area contributed by atoms with Crippen molar-refractivity contribution in [1.82, 2.24) is 4.90 Å². The number of halogens is 2. The van der Waals surface area contributed by atoms with Gasteiger partial charge < -0.3 is 4.74 Å². The van der Waals surface area contributed by atoms with Crippen LogP contribution in [0, 0.1) is 0 Å². The first-order valence-electron chi connectivity index (χ1n) is 9.47. The molecule has 160 valence electrons. The lowest BCUT2D eigenvalue weighted by Crippen LogP contribution is -2.27. The topological polar surface area (TPSA) is 63.7 Å². The van der Waals surface area contributed by atoms with Crippen LogP contribution >= 0.6 is 39.3 Å². The first-order chi connectivity index (χ1) is 15.4. The molecule has 1 heterocycles. The maximum atomic E-state index is 12.8. The van der Waals surface area contributed by atoms with Gasteiger partial charge in [0.05, 0.1) is 17.0 Å². The molecule has 0 spiro atoms. The molecule has 1 aliphatic heterocycles. The highest BCUT2D eigenvalue weighted by molar-refractivity contribution is 9.10. The van der Waals surface area contributed by atoms with Crippen LogP contribution in [-0.4, -0.2) is 22.0 Å². The Kier molecular flexibility index (Phi) is 6.79. The summed E-state index contributed by atoms with van der Waals surface area (Å²) in [4.78, 5) is 38.9. The molecule has 2 amide bonds. The summed E-state index contributed by atoms with van der Waals surface area (Å²) in [5.41, 5.74) is 1.95. The van der Waals surface area contributed by atoms with Gasteiger partial charge in [-0.2, -0.15) is 0 Å². The van der Waals surface area contributed by atoms with Crippen molar-refractivity contribution < 1.29 is 19.1 Å². The molecule has 0 bridgehead atoms. The first-order valence-corrected chi connectivity index (χ1v) is 11.5. The molecule has 3 aromatic carbocycles. The molecule has 0 radical (unpaired) electrons. The van der Waals surface area contributed by atoms with Gasteiger partial charge in [-0.1, -0.05) is 57.9 Å². The Labute approximate surface area is 202 Å². The highest BCUT2D eigenvalue weighted by Gasteiger charge is 2.35. The quantitative estimate of drug-likeness (QED) is 0.213. The van der Waals surface area contributed by atoms with Crippen LogP contribution in [0.1, 0.15) is 21.5 Å². The lowest BCUT2D eigenvalue weighted by atomic mass is 10.2. The van der Waals surface area contributed by atoms with E-state index in [2.05, 4.69) is 15.9 Å². The van der Waals surface area contributed by atoms with Crippen molar-refractivity contribution in [1.29, 1.82) is 0 Å². The molecular formula is C24H15BrClNO4S. The Morgan fingerprint density at radius 2 is 1.69 bits per heavy atom. The van der Waals surface area contributed by atoms with Crippen LogP contribution in [0.3, 0.4) is 0 Å². The number of hydrogen-bond acceptors (Lipinski definition) is 5. The van der Waals surface area contributed by atoms with Gasteiger partial charge in [0.15, 0.2) is 0 Å². The normalized spacial score (nSPS) is 14.8. The van der Waals surface area contributed by atoms with Crippen LogP contribution in [0.5, 0.6) is 5.75 Å². The molecule has 0 saturated carbocycles. The molecule has 5 nitrogen and oxygen atoms in total. The predicted molar refractivity (Wildman–Crippen MR) is 129 cm³/mol. The van der Waals surface area contributed by atoms with Gasteiger partial charge in [-0.25, -0.2) is 4.79 Å². The summed E-state index contributed by atoms with van der Waals surface area (Å²) in [6.07, 6.45) is 1.65. The summed E-state index contributed by atoms with van der Waals surface area (Å²) in [6.45, 7) is 0.197. The van der Waals surface area contributed by atoms with Gasteiger partial charge in [0.25, 0.3) is 11.1 Å². The smallest absolute Gasteiger partial charge is 0.343 e. The average molecular weight is 529 g/mol. The molecule has 3 aromatic rings. The zero-order chi connectivity index (χ0) is 22.7. The molecule has 0 aromatic heterocycles. The van der Waals surface area contributed by atoms with E-state index < -0.39 is 5.97 Å². The number of thioether (sulfide) groups is 1. The third-order valence-corrected chi connectivity index (χ3v) is 6.56. The molecule has 0 aliphatic carbocycles. The van der Waals surface area contributed by atoms with Crippen LogP contribution in [0.15, 0.2) is 82.2 Å². The molecule has 8 heteroatoms. The van der Waals surface area contributed by atoms with Crippen molar-refractivity contribution in [3.8, 4) is 5.75 Å². The van der Waals surface area contributed by atoms with Gasteiger partial charge in [0.2, 0.25) is 0 Å². The monoisotopic (exact) mass is 527 g/mol. The molecular weight excluding hydrogens is 514 g/mol. The third kappa shape index (κ3) is 5.12. The van der Waals surface area contributed by atoms with E-state index in [1.807, 2.05) is 24.3 Å². The fraction of sp³-hybridized carbons (Fsp3) is 0.0417. The molecule has 1 saturated heterocycles. The van der Waals surface area contributed by atoms with E-state index in [-0.39, 0.29) is 17.7 Å². The third-order valence-electron chi connectivity index (χ3n) is 4.63. The summed E-state index contributed by atoms with van der Waals surface area (Å²) < 4.78 is 6.20. The summed E-state index contributed by atoms with van der Waals surface area (Å²) in [7, 11) is 0. The van der Waals surface area contributed by atoms with Gasteiger partial charge in [0.1, 0.15) is 5.75 Å². The molecule has 1 fully saturated rings. The number of carbonyl (C=O) groups is 3. The Morgan fingerprint density at radius 1 is 1.00 bits per heavy atom. The van der Waals surface area contributed by atoms with Gasteiger partial charge in [-0.05, 0) is 71.4 Å². The van der Waals surface area contributed by atoms with Crippen LogP contribution in [-0.2, 0) is 11.3 Å². The highest BCUT2D eigenvalue weighted by Crippen LogP contribution is 2.34. The van der Waals surface area contributed by atoms with Crippen molar-refractivity contribution in [3.05, 3.63) is 104 Å². The standard InChI is InChI=1S/C24H15BrClNO4S/c25-20-4-2-1-3-17(20)14-27-22(28)21(32-24(27)30)13-15-5-11-19(12-6-15)31-23(29)16-7-9-18(26)10-8-16/h1-13H,14H2/b21-13-. The number of amides is 2. The second-order valence-electron chi connectivity index (χ2n) is 6.82. The number of ether oxygens (including phenoxy) is 1. The van der Waals surface area contributed by atoms with Crippen LogP contribution in [0.4, 0.5) is 4.79 Å². The number of esters is 1. The van der Waals surface area contributed by atoms with Gasteiger partial charge >= 0.3 is 5.97 Å². The Morgan fingerprint density at radius 3 is 2.38 bits per heavy atom.